The standard InChI is InChI=1S/C9H11BrF3N/c1-8(2,3)14-6(9(11,12)13)4-5-7(14)10/h4-5H,1-3H3. The second-order valence-electron chi connectivity index (χ2n) is 4.05. The second-order valence-corrected chi connectivity index (χ2v) is 4.86. The highest BCUT2D eigenvalue weighted by Gasteiger charge is 2.37. The molecule has 80 valence electrons. The molecule has 0 amide bonds. The van der Waals surface area contributed by atoms with Gasteiger partial charge in [0.1, 0.15) is 5.69 Å². The smallest absolute Gasteiger partial charge is 0.326 e. The molecule has 1 aromatic rings. The minimum Gasteiger partial charge on any atom is -0.326 e. The van der Waals surface area contributed by atoms with Gasteiger partial charge < -0.3 is 4.57 Å². The van der Waals surface area contributed by atoms with Gasteiger partial charge in [0.15, 0.2) is 0 Å². The molecule has 1 nitrogen and oxygen atoms in total. The zero-order valence-electron chi connectivity index (χ0n) is 8.11. The number of nitrogens with zero attached hydrogens (tertiary/aromatic N) is 1. The molecule has 0 aliphatic heterocycles. The lowest BCUT2D eigenvalue weighted by Crippen LogP contribution is -2.27. The Kier molecular flexibility index (Phi) is 2.73. The highest BCUT2D eigenvalue weighted by atomic mass is 79.9. The number of hydrogen-bond acceptors (Lipinski definition) is 0. The minimum atomic E-state index is -4.31. The van der Waals surface area contributed by atoms with E-state index in [4.69, 9.17) is 0 Å². The lowest BCUT2D eigenvalue weighted by Gasteiger charge is -2.26. The lowest BCUT2D eigenvalue weighted by atomic mass is 10.1. The molecular formula is C9H11BrF3N. The van der Waals surface area contributed by atoms with E-state index in [-0.39, 0.29) is 0 Å². The predicted molar refractivity (Wildman–Crippen MR) is 52.1 cm³/mol. The van der Waals surface area contributed by atoms with Crippen molar-refractivity contribution in [3.63, 3.8) is 0 Å². The molecule has 5 heteroatoms. The van der Waals surface area contributed by atoms with Gasteiger partial charge in [0.25, 0.3) is 0 Å². The molecule has 0 atom stereocenters. The number of hydrogen-bond donors (Lipinski definition) is 0. The van der Waals surface area contributed by atoms with Gasteiger partial charge in [-0.2, -0.15) is 13.2 Å². The molecular weight excluding hydrogens is 259 g/mol. The van der Waals surface area contributed by atoms with Crippen LogP contribution in [0.2, 0.25) is 0 Å². The molecule has 0 aliphatic carbocycles. The Hall–Kier alpha value is -0.450. The van der Waals surface area contributed by atoms with Crippen molar-refractivity contribution in [2.75, 3.05) is 0 Å². The average Bonchev–Trinajstić information content (AvgIpc) is 2.27. The molecule has 1 rings (SSSR count). The maximum atomic E-state index is 12.6. The summed E-state index contributed by atoms with van der Waals surface area (Å²) in [5.41, 5.74) is -1.22. The SMILES string of the molecule is CC(C)(C)n1c(Br)ccc1C(F)(F)F. The van der Waals surface area contributed by atoms with Crippen LogP contribution in [0.1, 0.15) is 26.5 Å². The highest BCUT2D eigenvalue weighted by molar-refractivity contribution is 9.10. The zero-order chi connectivity index (χ0) is 11.1. The van der Waals surface area contributed by atoms with Crippen LogP contribution in [0.15, 0.2) is 16.7 Å². The van der Waals surface area contributed by atoms with Gasteiger partial charge in [-0.1, -0.05) is 0 Å². The van der Waals surface area contributed by atoms with Crippen molar-refractivity contribution in [1.29, 1.82) is 0 Å². The quantitative estimate of drug-likeness (QED) is 0.670. The topological polar surface area (TPSA) is 4.93 Å². The molecule has 0 aromatic carbocycles. The van der Waals surface area contributed by atoms with Crippen molar-refractivity contribution in [1.82, 2.24) is 4.57 Å². The number of aromatic nitrogens is 1. The largest absolute Gasteiger partial charge is 0.431 e. The first-order valence-corrected chi connectivity index (χ1v) is 4.88. The monoisotopic (exact) mass is 269 g/mol. The van der Waals surface area contributed by atoms with Gasteiger partial charge in [0, 0.05) is 5.54 Å². The Morgan fingerprint density at radius 3 is 1.93 bits per heavy atom. The van der Waals surface area contributed by atoms with Gasteiger partial charge in [-0.3, -0.25) is 0 Å². The Bertz CT molecular complexity index is 333. The van der Waals surface area contributed by atoms with Gasteiger partial charge in [0.2, 0.25) is 0 Å². The molecule has 0 aliphatic rings. The first-order valence-electron chi connectivity index (χ1n) is 4.09. The fourth-order valence-corrected chi connectivity index (χ4v) is 2.17. The molecule has 1 heterocycles. The van der Waals surface area contributed by atoms with E-state index in [0.717, 1.165) is 6.07 Å². The van der Waals surface area contributed by atoms with E-state index < -0.39 is 17.4 Å². The van der Waals surface area contributed by atoms with Gasteiger partial charge >= 0.3 is 6.18 Å². The Morgan fingerprint density at radius 2 is 1.64 bits per heavy atom. The highest BCUT2D eigenvalue weighted by Crippen LogP contribution is 2.36. The van der Waals surface area contributed by atoms with Crippen LogP contribution in [0.25, 0.3) is 0 Å². The molecule has 0 bridgehead atoms. The summed E-state index contributed by atoms with van der Waals surface area (Å²) >= 11 is 3.11. The predicted octanol–water partition coefficient (Wildman–Crippen LogP) is 4.02. The third-order valence-corrected chi connectivity index (χ3v) is 2.41. The maximum Gasteiger partial charge on any atom is 0.431 e. The molecule has 0 unspecified atom stereocenters. The second kappa shape index (κ2) is 3.29. The summed E-state index contributed by atoms with van der Waals surface area (Å²) in [7, 11) is 0. The van der Waals surface area contributed by atoms with Crippen molar-refractivity contribution in [3.8, 4) is 0 Å². The maximum absolute atomic E-state index is 12.6. The average molecular weight is 270 g/mol. The summed E-state index contributed by atoms with van der Waals surface area (Å²) in [5, 5.41) is 0. The number of rotatable bonds is 0. The molecule has 0 spiro atoms. The van der Waals surface area contributed by atoms with Crippen LogP contribution >= 0.6 is 15.9 Å². The molecule has 0 saturated heterocycles. The van der Waals surface area contributed by atoms with Crippen molar-refractivity contribution in [2.24, 2.45) is 0 Å². The summed E-state index contributed by atoms with van der Waals surface area (Å²) in [6.45, 7) is 5.19. The van der Waals surface area contributed by atoms with Crippen molar-refractivity contribution in [2.45, 2.75) is 32.5 Å². The third-order valence-electron chi connectivity index (χ3n) is 1.79. The molecule has 0 fully saturated rings. The van der Waals surface area contributed by atoms with Crippen molar-refractivity contribution < 1.29 is 13.2 Å². The summed E-state index contributed by atoms with van der Waals surface area (Å²) < 4.78 is 39.3. The lowest BCUT2D eigenvalue weighted by molar-refractivity contribution is -0.145. The Labute approximate surface area is 89.0 Å². The molecule has 1 aromatic heterocycles. The van der Waals surface area contributed by atoms with E-state index in [1.54, 1.807) is 20.8 Å². The Morgan fingerprint density at radius 1 is 1.14 bits per heavy atom. The van der Waals surface area contributed by atoms with Crippen LogP contribution in [0, 0.1) is 0 Å². The van der Waals surface area contributed by atoms with Crippen molar-refractivity contribution >= 4 is 15.9 Å². The Balaban J connectivity index is 3.35. The van der Waals surface area contributed by atoms with Gasteiger partial charge in [0.05, 0.1) is 4.60 Å². The minimum absolute atomic E-state index is 0.442. The van der Waals surface area contributed by atoms with Crippen LogP contribution in [-0.4, -0.2) is 4.57 Å². The summed E-state index contributed by atoms with van der Waals surface area (Å²) in [6, 6.07) is 2.49. The fourth-order valence-electron chi connectivity index (χ4n) is 1.31. The normalized spacial score (nSPS) is 13.4. The summed E-state index contributed by atoms with van der Waals surface area (Å²) in [4.78, 5) is 0. The van der Waals surface area contributed by atoms with Crippen LogP contribution in [-0.2, 0) is 11.7 Å². The van der Waals surface area contributed by atoms with Crippen molar-refractivity contribution in [3.05, 3.63) is 22.4 Å². The van der Waals surface area contributed by atoms with Crippen LogP contribution in [0.5, 0.6) is 0 Å². The number of alkyl halides is 3. The van der Waals surface area contributed by atoms with E-state index in [1.807, 2.05) is 0 Å². The zero-order valence-corrected chi connectivity index (χ0v) is 9.70. The molecule has 0 saturated carbocycles. The van der Waals surface area contributed by atoms with E-state index in [9.17, 15) is 13.2 Å². The van der Waals surface area contributed by atoms with E-state index >= 15 is 0 Å². The molecule has 0 N–H and O–H groups in total. The van der Waals surface area contributed by atoms with E-state index in [0.29, 0.717) is 4.60 Å². The van der Waals surface area contributed by atoms with Crippen LogP contribution in [0.3, 0.4) is 0 Å². The third kappa shape index (κ3) is 2.13. The first kappa shape index (κ1) is 11.6. The van der Waals surface area contributed by atoms with Crippen LogP contribution < -0.4 is 0 Å². The molecule has 0 radical (unpaired) electrons. The summed E-state index contributed by atoms with van der Waals surface area (Å²) in [6.07, 6.45) is -4.31. The fraction of sp³-hybridized carbons (Fsp3) is 0.556. The van der Waals surface area contributed by atoms with E-state index in [1.165, 1.54) is 10.6 Å². The van der Waals surface area contributed by atoms with Gasteiger partial charge in [-0.25, -0.2) is 0 Å². The molecule has 14 heavy (non-hydrogen) atoms. The first-order chi connectivity index (χ1) is 6.14. The summed E-state index contributed by atoms with van der Waals surface area (Å²) in [5.74, 6) is 0. The van der Waals surface area contributed by atoms with Gasteiger partial charge in [-0.15, -0.1) is 0 Å². The number of halogens is 4. The van der Waals surface area contributed by atoms with Gasteiger partial charge in [-0.05, 0) is 48.8 Å². The van der Waals surface area contributed by atoms with E-state index in [2.05, 4.69) is 15.9 Å². The van der Waals surface area contributed by atoms with Crippen LogP contribution in [0.4, 0.5) is 13.2 Å².